The zero-order valence-corrected chi connectivity index (χ0v) is 12.2. The van der Waals surface area contributed by atoms with E-state index in [1.54, 1.807) is 30.1 Å². The summed E-state index contributed by atoms with van der Waals surface area (Å²) in [6, 6.07) is 5.86. The lowest BCUT2D eigenvalue weighted by atomic mass is 10.1. The maximum Gasteiger partial charge on any atom is 0.335 e. The summed E-state index contributed by atoms with van der Waals surface area (Å²) in [5.74, 6) is -0.772. The van der Waals surface area contributed by atoms with Crippen LogP contribution in [0.25, 0.3) is 0 Å². The van der Waals surface area contributed by atoms with E-state index in [-0.39, 0.29) is 17.9 Å². The molecule has 8 heteroatoms. The van der Waals surface area contributed by atoms with Crippen LogP contribution >= 0.6 is 0 Å². The number of hydrogen-bond donors (Lipinski definition) is 2. The summed E-state index contributed by atoms with van der Waals surface area (Å²) in [7, 11) is -1.80. The Labute approximate surface area is 122 Å². The fourth-order valence-corrected chi connectivity index (χ4v) is 2.88. The molecule has 0 aliphatic heterocycles. The number of imidazole rings is 1. The standard InChI is InChI=1S/C13H15N3O4S/c1-16-6-5-14-12(16)8-15-21(19,20)9-10-3-2-4-11(7-10)13(17)18/h2-7,15H,8-9H2,1H3,(H,17,18). The molecule has 0 spiro atoms. The highest BCUT2D eigenvalue weighted by Crippen LogP contribution is 2.09. The zero-order valence-electron chi connectivity index (χ0n) is 11.4. The van der Waals surface area contributed by atoms with Gasteiger partial charge in [-0.05, 0) is 17.7 Å². The highest BCUT2D eigenvalue weighted by molar-refractivity contribution is 7.88. The number of hydrogen-bond acceptors (Lipinski definition) is 4. The van der Waals surface area contributed by atoms with Gasteiger partial charge in [0.25, 0.3) is 0 Å². The minimum Gasteiger partial charge on any atom is -0.478 e. The highest BCUT2D eigenvalue weighted by Gasteiger charge is 2.14. The molecule has 7 nitrogen and oxygen atoms in total. The SMILES string of the molecule is Cn1ccnc1CNS(=O)(=O)Cc1cccc(C(=O)O)c1. The maximum absolute atomic E-state index is 12.0. The van der Waals surface area contributed by atoms with E-state index in [9.17, 15) is 13.2 Å². The van der Waals surface area contributed by atoms with E-state index in [4.69, 9.17) is 5.11 Å². The van der Waals surface area contributed by atoms with Gasteiger partial charge in [-0.2, -0.15) is 0 Å². The third-order valence-corrected chi connectivity index (χ3v) is 4.20. The molecule has 2 aromatic rings. The molecule has 0 atom stereocenters. The summed E-state index contributed by atoms with van der Waals surface area (Å²) in [5.41, 5.74) is 0.481. The van der Waals surface area contributed by atoms with Crippen molar-refractivity contribution < 1.29 is 18.3 Å². The molecule has 0 unspecified atom stereocenters. The van der Waals surface area contributed by atoms with E-state index in [2.05, 4.69) is 9.71 Å². The number of aromatic nitrogens is 2. The van der Waals surface area contributed by atoms with Crippen LogP contribution in [0.3, 0.4) is 0 Å². The van der Waals surface area contributed by atoms with E-state index in [0.717, 1.165) is 0 Å². The van der Waals surface area contributed by atoms with Crippen molar-refractivity contribution in [2.75, 3.05) is 0 Å². The van der Waals surface area contributed by atoms with E-state index < -0.39 is 16.0 Å². The molecule has 112 valence electrons. The van der Waals surface area contributed by atoms with Gasteiger partial charge in [0, 0.05) is 19.4 Å². The molecule has 0 aliphatic carbocycles. The van der Waals surface area contributed by atoms with Crippen LogP contribution in [0.4, 0.5) is 0 Å². The molecule has 2 rings (SSSR count). The normalized spacial score (nSPS) is 11.5. The van der Waals surface area contributed by atoms with Crippen LogP contribution in [0.2, 0.25) is 0 Å². The quantitative estimate of drug-likeness (QED) is 0.819. The van der Waals surface area contributed by atoms with Crippen molar-refractivity contribution in [1.29, 1.82) is 0 Å². The van der Waals surface area contributed by atoms with Crippen molar-refractivity contribution in [2.24, 2.45) is 7.05 Å². The maximum atomic E-state index is 12.0. The minimum absolute atomic E-state index is 0.0619. The Morgan fingerprint density at radius 1 is 1.43 bits per heavy atom. The fourth-order valence-electron chi connectivity index (χ4n) is 1.81. The zero-order chi connectivity index (χ0) is 15.5. The second kappa shape index (κ2) is 6.06. The van der Waals surface area contributed by atoms with Gasteiger partial charge in [-0.15, -0.1) is 0 Å². The van der Waals surface area contributed by atoms with Gasteiger partial charge in [-0.25, -0.2) is 22.9 Å². The third kappa shape index (κ3) is 4.14. The highest BCUT2D eigenvalue weighted by atomic mass is 32.2. The molecule has 0 saturated heterocycles. The molecule has 0 saturated carbocycles. The first-order chi connectivity index (χ1) is 9.87. The number of nitrogens with zero attached hydrogens (tertiary/aromatic N) is 2. The lowest BCUT2D eigenvalue weighted by molar-refractivity contribution is 0.0696. The molecular weight excluding hydrogens is 294 g/mol. The number of aryl methyl sites for hydroxylation is 1. The first-order valence-corrected chi connectivity index (χ1v) is 7.78. The third-order valence-electron chi connectivity index (χ3n) is 2.90. The molecule has 0 radical (unpaired) electrons. The summed E-state index contributed by atoms with van der Waals surface area (Å²) in [5, 5.41) is 8.89. The van der Waals surface area contributed by atoms with Crippen LogP contribution in [0.5, 0.6) is 0 Å². The topological polar surface area (TPSA) is 101 Å². The van der Waals surface area contributed by atoms with Gasteiger partial charge in [-0.1, -0.05) is 12.1 Å². The first kappa shape index (κ1) is 15.2. The number of rotatable bonds is 6. The van der Waals surface area contributed by atoms with Gasteiger partial charge in [0.2, 0.25) is 10.0 Å². The summed E-state index contributed by atoms with van der Waals surface area (Å²) in [6.45, 7) is 0.0878. The summed E-state index contributed by atoms with van der Waals surface area (Å²) < 4.78 is 28.1. The predicted molar refractivity (Wildman–Crippen MR) is 76.1 cm³/mol. The van der Waals surface area contributed by atoms with Gasteiger partial charge >= 0.3 is 5.97 Å². The lowest BCUT2D eigenvalue weighted by Gasteiger charge is -2.07. The fraction of sp³-hybridized carbons (Fsp3) is 0.231. The molecule has 21 heavy (non-hydrogen) atoms. The number of nitrogens with one attached hydrogen (secondary N) is 1. The Morgan fingerprint density at radius 2 is 2.19 bits per heavy atom. The van der Waals surface area contributed by atoms with Crippen LogP contribution in [0, 0.1) is 0 Å². The van der Waals surface area contributed by atoms with Gasteiger partial charge in [0.1, 0.15) is 5.82 Å². The van der Waals surface area contributed by atoms with Crippen LogP contribution in [-0.4, -0.2) is 29.0 Å². The Balaban J connectivity index is 2.05. The van der Waals surface area contributed by atoms with E-state index >= 15 is 0 Å². The number of carboxylic acids is 1. The van der Waals surface area contributed by atoms with Crippen LogP contribution < -0.4 is 4.72 Å². The molecule has 1 aromatic carbocycles. The van der Waals surface area contributed by atoms with E-state index in [1.807, 2.05) is 0 Å². The number of sulfonamides is 1. The van der Waals surface area contributed by atoms with Gasteiger partial charge < -0.3 is 9.67 Å². The van der Waals surface area contributed by atoms with Crippen molar-refractivity contribution in [3.8, 4) is 0 Å². The first-order valence-electron chi connectivity index (χ1n) is 6.13. The second-order valence-electron chi connectivity index (χ2n) is 4.54. The van der Waals surface area contributed by atoms with Gasteiger partial charge in [-0.3, -0.25) is 0 Å². The molecule has 0 bridgehead atoms. The minimum atomic E-state index is -3.57. The molecule has 2 N–H and O–H groups in total. The monoisotopic (exact) mass is 309 g/mol. The van der Waals surface area contributed by atoms with Crippen molar-refractivity contribution in [1.82, 2.24) is 14.3 Å². The Kier molecular flexibility index (Phi) is 4.39. The molecular formula is C13H15N3O4S. The number of benzene rings is 1. The number of carboxylic acid groups (broad SMARTS) is 1. The predicted octanol–water partition coefficient (Wildman–Crippen LogP) is 0.738. The molecule has 1 heterocycles. The van der Waals surface area contributed by atoms with Gasteiger partial charge in [0.05, 0.1) is 17.9 Å². The molecule has 0 aliphatic rings. The van der Waals surface area contributed by atoms with Gasteiger partial charge in [0.15, 0.2) is 0 Å². The van der Waals surface area contributed by atoms with Crippen molar-refractivity contribution >= 4 is 16.0 Å². The molecule has 1 aromatic heterocycles. The van der Waals surface area contributed by atoms with Crippen molar-refractivity contribution in [2.45, 2.75) is 12.3 Å². The van der Waals surface area contributed by atoms with E-state index in [0.29, 0.717) is 11.4 Å². The second-order valence-corrected chi connectivity index (χ2v) is 6.35. The molecule has 0 fully saturated rings. The van der Waals surface area contributed by atoms with Crippen LogP contribution in [0.1, 0.15) is 21.7 Å². The van der Waals surface area contributed by atoms with E-state index in [1.165, 1.54) is 18.2 Å². The summed E-state index contributed by atoms with van der Waals surface area (Å²) in [6.07, 6.45) is 3.31. The summed E-state index contributed by atoms with van der Waals surface area (Å²) >= 11 is 0. The van der Waals surface area contributed by atoms with Crippen molar-refractivity contribution in [3.05, 3.63) is 53.6 Å². The largest absolute Gasteiger partial charge is 0.478 e. The smallest absolute Gasteiger partial charge is 0.335 e. The Hall–Kier alpha value is -2.19. The Bertz CT molecular complexity index is 752. The van der Waals surface area contributed by atoms with Crippen molar-refractivity contribution in [3.63, 3.8) is 0 Å². The van der Waals surface area contributed by atoms with Crippen LogP contribution in [0.15, 0.2) is 36.7 Å². The van der Waals surface area contributed by atoms with Crippen LogP contribution in [-0.2, 0) is 29.4 Å². The Morgan fingerprint density at radius 3 is 2.81 bits per heavy atom. The lowest BCUT2D eigenvalue weighted by Crippen LogP contribution is -2.26. The number of aromatic carboxylic acids is 1. The average Bonchev–Trinajstić information content (AvgIpc) is 2.82. The molecule has 0 amide bonds. The average molecular weight is 309 g/mol. The number of carbonyl (C=O) groups is 1. The summed E-state index contributed by atoms with van der Waals surface area (Å²) in [4.78, 5) is 14.9.